The molecule has 2 nitrogen and oxygen atoms in total. The van der Waals surface area contributed by atoms with E-state index in [9.17, 15) is 4.79 Å². The number of rotatable bonds is 2. The zero-order valence-electron chi connectivity index (χ0n) is 6.48. The lowest BCUT2D eigenvalue weighted by Gasteiger charge is -2.01. The van der Waals surface area contributed by atoms with Gasteiger partial charge in [-0.25, -0.2) is 0 Å². The molecule has 0 amide bonds. The summed E-state index contributed by atoms with van der Waals surface area (Å²) >= 11 is 0. The summed E-state index contributed by atoms with van der Waals surface area (Å²) in [5.41, 5.74) is 6.20. The molecule has 1 rings (SSSR count). The van der Waals surface area contributed by atoms with Crippen molar-refractivity contribution < 1.29 is 4.79 Å². The van der Waals surface area contributed by atoms with Gasteiger partial charge in [0.1, 0.15) is 0 Å². The lowest BCUT2D eigenvalue weighted by atomic mass is 10.1. The molecule has 1 fully saturated rings. The van der Waals surface area contributed by atoms with Gasteiger partial charge in [0.05, 0.1) is 5.54 Å². The second-order valence-corrected chi connectivity index (χ2v) is 3.24. The lowest BCUT2D eigenvalue weighted by molar-refractivity contribution is -0.116. The molecule has 0 aromatic rings. The molecule has 0 aliphatic heterocycles. The van der Waals surface area contributed by atoms with E-state index in [0.29, 0.717) is 0 Å². The van der Waals surface area contributed by atoms with Crippen molar-refractivity contribution in [3.63, 3.8) is 0 Å². The topological polar surface area (TPSA) is 43.1 Å². The number of hydrogen-bond donors (Lipinski definition) is 1. The molecule has 1 aliphatic rings. The number of allylic oxidation sites excluding steroid dienone is 1. The molecule has 0 aromatic heterocycles. The third kappa shape index (κ3) is 1.45. The Kier molecular flexibility index (Phi) is 1.65. The smallest absolute Gasteiger partial charge is 0.175 e. The molecule has 56 valence electrons. The normalized spacial score (nSPS) is 19.9. The van der Waals surface area contributed by atoms with Crippen molar-refractivity contribution in [3.8, 4) is 0 Å². The standard InChI is InChI=1S/C8H13NO/c1-6(2)5-7(10)8(9)3-4-8/h5H,3-4,9H2,1-2H3. The molecule has 0 atom stereocenters. The lowest BCUT2D eigenvalue weighted by Crippen LogP contribution is -2.31. The average molecular weight is 139 g/mol. The summed E-state index contributed by atoms with van der Waals surface area (Å²) in [7, 11) is 0. The van der Waals surface area contributed by atoms with E-state index in [1.54, 1.807) is 6.08 Å². The van der Waals surface area contributed by atoms with Gasteiger partial charge in [0, 0.05) is 0 Å². The Morgan fingerprint density at radius 1 is 1.50 bits per heavy atom. The number of carbonyl (C=O) groups is 1. The summed E-state index contributed by atoms with van der Waals surface area (Å²) in [6.07, 6.45) is 3.35. The highest BCUT2D eigenvalue weighted by atomic mass is 16.1. The molecule has 10 heavy (non-hydrogen) atoms. The largest absolute Gasteiger partial charge is 0.319 e. The Labute approximate surface area is 61.1 Å². The highest BCUT2D eigenvalue weighted by Gasteiger charge is 2.44. The second kappa shape index (κ2) is 2.20. The van der Waals surface area contributed by atoms with Crippen molar-refractivity contribution in [2.75, 3.05) is 0 Å². The van der Waals surface area contributed by atoms with Gasteiger partial charge in [-0.3, -0.25) is 4.79 Å². The first-order chi connectivity index (χ1) is 4.54. The zero-order chi connectivity index (χ0) is 7.78. The van der Waals surface area contributed by atoms with Gasteiger partial charge in [-0.2, -0.15) is 0 Å². The molecule has 1 saturated carbocycles. The number of ketones is 1. The first kappa shape index (κ1) is 7.48. The highest BCUT2D eigenvalue weighted by Crippen LogP contribution is 2.33. The average Bonchev–Trinajstić information content (AvgIpc) is 2.47. The van der Waals surface area contributed by atoms with Crippen molar-refractivity contribution in [1.29, 1.82) is 0 Å². The van der Waals surface area contributed by atoms with Crippen LogP contribution in [0.4, 0.5) is 0 Å². The summed E-state index contributed by atoms with van der Waals surface area (Å²) < 4.78 is 0. The van der Waals surface area contributed by atoms with Gasteiger partial charge in [0.25, 0.3) is 0 Å². The molecule has 0 saturated heterocycles. The first-order valence-corrected chi connectivity index (χ1v) is 3.53. The van der Waals surface area contributed by atoms with Crippen LogP contribution in [0.5, 0.6) is 0 Å². The first-order valence-electron chi connectivity index (χ1n) is 3.53. The number of carbonyl (C=O) groups excluding carboxylic acids is 1. The van der Waals surface area contributed by atoms with Crippen LogP contribution in [0.25, 0.3) is 0 Å². The minimum absolute atomic E-state index is 0.0903. The summed E-state index contributed by atoms with van der Waals surface area (Å²) in [5.74, 6) is 0.0903. The molecular weight excluding hydrogens is 126 g/mol. The predicted molar refractivity (Wildman–Crippen MR) is 40.6 cm³/mol. The van der Waals surface area contributed by atoms with Crippen LogP contribution in [-0.2, 0) is 4.79 Å². The van der Waals surface area contributed by atoms with E-state index in [2.05, 4.69) is 0 Å². The molecule has 0 spiro atoms. The quantitative estimate of drug-likeness (QED) is 0.580. The van der Waals surface area contributed by atoms with Crippen LogP contribution in [-0.4, -0.2) is 11.3 Å². The van der Waals surface area contributed by atoms with Gasteiger partial charge < -0.3 is 5.73 Å². The SMILES string of the molecule is CC(C)=CC(=O)C1(N)CC1. The van der Waals surface area contributed by atoms with Crippen molar-refractivity contribution in [2.24, 2.45) is 5.73 Å². The van der Waals surface area contributed by atoms with E-state index in [0.717, 1.165) is 18.4 Å². The van der Waals surface area contributed by atoms with Crippen molar-refractivity contribution >= 4 is 5.78 Å². The maximum atomic E-state index is 11.1. The van der Waals surface area contributed by atoms with E-state index >= 15 is 0 Å². The van der Waals surface area contributed by atoms with Gasteiger partial charge in [-0.15, -0.1) is 0 Å². The van der Waals surface area contributed by atoms with E-state index in [-0.39, 0.29) is 5.78 Å². The summed E-state index contributed by atoms with van der Waals surface area (Å²) in [6.45, 7) is 3.81. The summed E-state index contributed by atoms with van der Waals surface area (Å²) in [4.78, 5) is 11.1. The van der Waals surface area contributed by atoms with E-state index < -0.39 is 5.54 Å². The van der Waals surface area contributed by atoms with Crippen LogP contribution < -0.4 is 5.73 Å². The van der Waals surface area contributed by atoms with Crippen molar-refractivity contribution in [2.45, 2.75) is 32.2 Å². The Hall–Kier alpha value is -0.630. The van der Waals surface area contributed by atoms with Crippen LogP contribution >= 0.6 is 0 Å². The predicted octanol–water partition coefficient (Wildman–Crippen LogP) is 1.01. The molecular formula is C8H13NO. The van der Waals surface area contributed by atoms with Crippen LogP contribution in [0.3, 0.4) is 0 Å². The molecule has 0 aromatic carbocycles. The summed E-state index contributed by atoms with van der Waals surface area (Å²) in [5, 5.41) is 0. The molecule has 0 radical (unpaired) electrons. The third-order valence-corrected chi connectivity index (χ3v) is 1.70. The fourth-order valence-corrected chi connectivity index (χ4v) is 0.787. The van der Waals surface area contributed by atoms with Gasteiger partial charge in [-0.05, 0) is 32.8 Å². The molecule has 2 heteroatoms. The van der Waals surface area contributed by atoms with E-state index in [1.807, 2.05) is 13.8 Å². The van der Waals surface area contributed by atoms with Crippen LogP contribution in [0.15, 0.2) is 11.6 Å². The van der Waals surface area contributed by atoms with Crippen molar-refractivity contribution in [3.05, 3.63) is 11.6 Å². The zero-order valence-corrected chi connectivity index (χ0v) is 6.48. The van der Waals surface area contributed by atoms with Crippen molar-refractivity contribution in [1.82, 2.24) is 0 Å². The minimum Gasteiger partial charge on any atom is -0.319 e. The Morgan fingerprint density at radius 2 is 2.00 bits per heavy atom. The molecule has 0 heterocycles. The van der Waals surface area contributed by atoms with E-state index in [1.165, 1.54) is 0 Å². The Balaban J connectivity index is 2.59. The fraction of sp³-hybridized carbons (Fsp3) is 0.625. The molecule has 0 bridgehead atoms. The number of hydrogen-bond acceptors (Lipinski definition) is 2. The van der Waals surface area contributed by atoms with Crippen LogP contribution in [0, 0.1) is 0 Å². The second-order valence-electron chi connectivity index (χ2n) is 3.24. The summed E-state index contributed by atoms with van der Waals surface area (Å²) in [6, 6.07) is 0. The maximum absolute atomic E-state index is 11.1. The fourth-order valence-electron chi connectivity index (χ4n) is 0.787. The molecule has 2 N–H and O–H groups in total. The highest BCUT2D eigenvalue weighted by molar-refractivity contribution is 6.00. The van der Waals surface area contributed by atoms with E-state index in [4.69, 9.17) is 5.73 Å². The third-order valence-electron chi connectivity index (χ3n) is 1.70. The molecule has 1 aliphatic carbocycles. The minimum atomic E-state index is -0.475. The van der Waals surface area contributed by atoms with Crippen LogP contribution in [0.1, 0.15) is 26.7 Å². The number of nitrogens with two attached hydrogens (primary N) is 1. The van der Waals surface area contributed by atoms with Gasteiger partial charge in [0.15, 0.2) is 5.78 Å². The molecule has 0 unspecified atom stereocenters. The van der Waals surface area contributed by atoms with Gasteiger partial charge in [0.2, 0.25) is 0 Å². The van der Waals surface area contributed by atoms with Gasteiger partial charge in [-0.1, -0.05) is 5.57 Å². The Bertz CT molecular complexity index is 185. The van der Waals surface area contributed by atoms with Crippen LogP contribution in [0.2, 0.25) is 0 Å². The Morgan fingerprint density at radius 3 is 2.30 bits per heavy atom. The monoisotopic (exact) mass is 139 g/mol. The maximum Gasteiger partial charge on any atom is 0.175 e. The van der Waals surface area contributed by atoms with Gasteiger partial charge >= 0.3 is 0 Å².